The van der Waals surface area contributed by atoms with E-state index in [0.717, 1.165) is 16.0 Å². The Morgan fingerprint density at radius 1 is 1.33 bits per heavy atom. The molecule has 2 aromatic rings. The van der Waals surface area contributed by atoms with Crippen molar-refractivity contribution in [1.29, 1.82) is 0 Å². The summed E-state index contributed by atoms with van der Waals surface area (Å²) in [5, 5.41) is 3.92. The smallest absolute Gasteiger partial charge is 0.194 e. The molecule has 0 spiro atoms. The minimum absolute atomic E-state index is 0.455. The highest BCUT2D eigenvalue weighted by molar-refractivity contribution is 7.12. The van der Waals surface area contributed by atoms with Crippen molar-refractivity contribution in [3.8, 4) is 0 Å². The predicted molar refractivity (Wildman–Crippen MR) is 49.3 cm³/mol. The summed E-state index contributed by atoms with van der Waals surface area (Å²) < 4.78 is 4.89. The van der Waals surface area contributed by atoms with Crippen molar-refractivity contribution in [1.82, 2.24) is 14.6 Å². The van der Waals surface area contributed by atoms with E-state index in [0.29, 0.717) is 5.92 Å². The van der Waals surface area contributed by atoms with E-state index in [-0.39, 0.29) is 0 Å². The molecule has 0 radical (unpaired) electrons. The molecule has 0 saturated carbocycles. The largest absolute Gasteiger partial charge is 0.231 e. The van der Waals surface area contributed by atoms with Gasteiger partial charge in [-0.25, -0.2) is 4.98 Å². The quantitative estimate of drug-likeness (QED) is 0.673. The maximum atomic E-state index is 4.37. The Hall–Kier alpha value is -1.03. The minimum atomic E-state index is 0.455. The van der Waals surface area contributed by atoms with Crippen molar-refractivity contribution in [2.45, 2.75) is 19.8 Å². The molecule has 0 aliphatic heterocycles. The van der Waals surface area contributed by atoms with Gasteiger partial charge in [0.25, 0.3) is 0 Å². The van der Waals surface area contributed by atoms with Gasteiger partial charge >= 0.3 is 0 Å². The van der Waals surface area contributed by atoms with Crippen molar-refractivity contribution in [2.24, 2.45) is 0 Å². The van der Waals surface area contributed by atoms with Crippen molar-refractivity contribution >= 4 is 21.9 Å². The van der Waals surface area contributed by atoms with Crippen molar-refractivity contribution in [3.05, 3.63) is 17.8 Å². The molecule has 0 unspecified atom stereocenters. The average molecular weight is 179 g/mol. The van der Waals surface area contributed by atoms with Crippen molar-refractivity contribution in [3.63, 3.8) is 0 Å². The molecule has 62 valence electrons. The third-order valence-corrected chi connectivity index (χ3v) is 2.41. The lowest BCUT2D eigenvalue weighted by molar-refractivity contribution is 0.827. The Morgan fingerprint density at radius 2 is 2.17 bits per heavy atom. The fourth-order valence-corrected chi connectivity index (χ4v) is 1.52. The van der Waals surface area contributed by atoms with E-state index in [1.165, 1.54) is 11.5 Å². The Balaban J connectivity index is 2.60. The summed E-state index contributed by atoms with van der Waals surface area (Å²) in [4.78, 5) is 4.37. The van der Waals surface area contributed by atoms with Crippen LogP contribution in [-0.4, -0.2) is 14.6 Å². The lowest BCUT2D eigenvalue weighted by Crippen LogP contribution is -1.91. The molecular weight excluding hydrogens is 170 g/mol. The lowest BCUT2D eigenvalue weighted by Gasteiger charge is -2.01. The Kier molecular flexibility index (Phi) is 1.77. The van der Waals surface area contributed by atoms with Crippen molar-refractivity contribution < 1.29 is 0 Å². The standard InChI is InChI=1S/C8H9N3S/c1-5(2)6-3-4-7-8(9-6)10-11-12-7/h3-5H,1-2H3. The topological polar surface area (TPSA) is 38.7 Å². The summed E-state index contributed by atoms with van der Waals surface area (Å²) in [5.74, 6) is 0.455. The van der Waals surface area contributed by atoms with E-state index in [4.69, 9.17) is 0 Å². The molecule has 0 amide bonds. The molecular formula is C8H9N3S. The van der Waals surface area contributed by atoms with Gasteiger partial charge in [0.2, 0.25) is 0 Å². The molecule has 0 bridgehead atoms. The number of fused-ring (bicyclic) bond motifs is 1. The van der Waals surface area contributed by atoms with E-state index in [9.17, 15) is 0 Å². The van der Waals surface area contributed by atoms with Crippen LogP contribution in [0.1, 0.15) is 25.5 Å². The highest BCUT2D eigenvalue weighted by atomic mass is 32.1. The van der Waals surface area contributed by atoms with Crippen LogP contribution in [0.4, 0.5) is 0 Å². The van der Waals surface area contributed by atoms with Gasteiger partial charge in [-0.1, -0.05) is 18.3 Å². The van der Waals surface area contributed by atoms with Crippen LogP contribution in [0, 0.1) is 0 Å². The SMILES string of the molecule is CC(C)c1ccc2snnc2n1. The van der Waals surface area contributed by atoms with Crippen LogP contribution in [0.5, 0.6) is 0 Å². The first-order chi connectivity index (χ1) is 5.77. The van der Waals surface area contributed by atoms with E-state index in [2.05, 4.69) is 28.4 Å². The second-order valence-electron chi connectivity index (χ2n) is 2.99. The number of nitrogens with zero attached hydrogens (tertiary/aromatic N) is 3. The molecule has 0 aromatic carbocycles. The van der Waals surface area contributed by atoms with Gasteiger partial charge in [-0.2, -0.15) is 0 Å². The summed E-state index contributed by atoms with van der Waals surface area (Å²) in [5.41, 5.74) is 1.85. The fraction of sp³-hybridized carbons (Fsp3) is 0.375. The van der Waals surface area contributed by atoms with Crippen LogP contribution in [0.3, 0.4) is 0 Å². The van der Waals surface area contributed by atoms with Crippen LogP contribution < -0.4 is 0 Å². The maximum Gasteiger partial charge on any atom is 0.194 e. The molecule has 12 heavy (non-hydrogen) atoms. The molecule has 0 N–H and O–H groups in total. The highest BCUT2D eigenvalue weighted by Gasteiger charge is 2.04. The number of aromatic nitrogens is 3. The normalized spacial score (nSPS) is 11.2. The van der Waals surface area contributed by atoms with E-state index >= 15 is 0 Å². The molecule has 3 nitrogen and oxygen atoms in total. The fourth-order valence-electron chi connectivity index (χ4n) is 1.02. The summed E-state index contributed by atoms with van der Waals surface area (Å²) in [7, 11) is 0. The van der Waals surface area contributed by atoms with Gasteiger partial charge in [0, 0.05) is 5.69 Å². The highest BCUT2D eigenvalue weighted by Crippen LogP contribution is 2.17. The van der Waals surface area contributed by atoms with Gasteiger partial charge < -0.3 is 0 Å². The first-order valence-corrected chi connectivity index (χ1v) is 4.63. The van der Waals surface area contributed by atoms with Gasteiger partial charge in [-0.05, 0) is 29.6 Å². The monoisotopic (exact) mass is 179 g/mol. The van der Waals surface area contributed by atoms with Crippen LogP contribution in [0.25, 0.3) is 10.3 Å². The number of rotatable bonds is 1. The summed E-state index contributed by atoms with van der Waals surface area (Å²) in [6, 6.07) is 4.06. The Labute approximate surface area is 74.6 Å². The van der Waals surface area contributed by atoms with Crippen LogP contribution in [0.2, 0.25) is 0 Å². The van der Waals surface area contributed by atoms with Gasteiger partial charge in [0.1, 0.15) is 0 Å². The second kappa shape index (κ2) is 2.79. The molecule has 2 aromatic heterocycles. The van der Waals surface area contributed by atoms with Crippen LogP contribution >= 0.6 is 11.5 Å². The molecule has 0 atom stereocenters. The van der Waals surface area contributed by atoms with Gasteiger partial charge in [-0.15, -0.1) is 5.10 Å². The lowest BCUT2D eigenvalue weighted by atomic mass is 10.1. The molecule has 2 heterocycles. The average Bonchev–Trinajstić information content (AvgIpc) is 2.49. The zero-order valence-electron chi connectivity index (χ0n) is 6.98. The zero-order valence-corrected chi connectivity index (χ0v) is 7.80. The van der Waals surface area contributed by atoms with Gasteiger partial charge in [0.05, 0.1) is 4.70 Å². The van der Waals surface area contributed by atoms with Gasteiger partial charge in [-0.3, -0.25) is 0 Å². The molecule has 4 heteroatoms. The first kappa shape index (κ1) is 7.61. The summed E-state index contributed by atoms with van der Waals surface area (Å²) >= 11 is 1.38. The maximum absolute atomic E-state index is 4.37. The van der Waals surface area contributed by atoms with Crippen LogP contribution in [-0.2, 0) is 0 Å². The first-order valence-electron chi connectivity index (χ1n) is 3.86. The van der Waals surface area contributed by atoms with Crippen LogP contribution in [0.15, 0.2) is 12.1 Å². The summed E-state index contributed by atoms with van der Waals surface area (Å²) in [6.07, 6.45) is 0. The molecule has 0 saturated heterocycles. The molecule has 0 aliphatic carbocycles. The molecule has 0 fully saturated rings. The third kappa shape index (κ3) is 1.18. The zero-order chi connectivity index (χ0) is 8.55. The minimum Gasteiger partial charge on any atom is -0.231 e. The van der Waals surface area contributed by atoms with Gasteiger partial charge in [0.15, 0.2) is 5.65 Å². The number of hydrogen-bond donors (Lipinski definition) is 0. The van der Waals surface area contributed by atoms with Crippen molar-refractivity contribution in [2.75, 3.05) is 0 Å². The Morgan fingerprint density at radius 3 is 2.92 bits per heavy atom. The Bertz CT molecular complexity index is 394. The number of hydrogen-bond acceptors (Lipinski definition) is 4. The van der Waals surface area contributed by atoms with E-state index in [1.807, 2.05) is 12.1 Å². The predicted octanol–water partition coefficient (Wildman–Crippen LogP) is 2.21. The molecule has 0 aliphatic rings. The summed E-state index contributed by atoms with van der Waals surface area (Å²) in [6.45, 7) is 4.24. The second-order valence-corrected chi connectivity index (χ2v) is 3.77. The third-order valence-electron chi connectivity index (χ3n) is 1.73. The van der Waals surface area contributed by atoms with E-state index < -0.39 is 0 Å². The number of pyridine rings is 1. The van der Waals surface area contributed by atoms with E-state index in [1.54, 1.807) is 0 Å². The molecule has 2 rings (SSSR count).